The van der Waals surface area contributed by atoms with Gasteiger partial charge in [-0.1, -0.05) is 18.2 Å². The monoisotopic (exact) mass is 296 g/mol. The Balaban J connectivity index is 2.81. The van der Waals surface area contributed by atoms with Crippen molar-refractivity contribution >= 4 is 21.6 Å². The summed E-state index contributed by atoms with van der Waals surface area (Å²) in [5, 5.41) is 2.73. The summed E-state index contributed by atoms with van der Waals surface area (Å²) >= 11 is 0. The Morgan fingerprint density at radius 2 is 2.05 bits per heavy atom. The summed E-state index contributed by atoms with van der Waals surface area (Å²) in [5.41, 5.74) is 2.73. The van der Waals surface area contributed by atoms with Crippen LogP contribution in [0.5, 0.6) is 0 Å². The zero-order valence-electron chi connectivity index (χ0n) is 12.0. The first-order chi connectivity index (χ1) is 9.25. The maximum atomic E-state index is 12.0. The number of carbonyl (C=O) groups excluding carboxylic acids is 1. The van der Waals surface area contributed by atoms with Crippen LogP contribution in [0, 0.1) is 13.8 Å². The smallest absolute Gasteiger partial charge is 0.239 e. The topological polar surface area (TPSA) is 66.5 Å². The van der Waals surface area contributed by atoms with Crippen molar-refractivity contribution in [2.75, 3.05) is 24.7 Å². The second kappa shape index (κ2) is 6.67. The predicted octanol–water partition coefficient (Wildman–Crippen LogP) is 1.69. The summed E-state index contributed by atoms with van der Waals surface area (Å²) in [6.45, 7) is 7.24. The Morgan fingerprint density at radius 3 is 2.60 bits per heavy atom. The van der Waals surface area contributed by atoms with Gasteiger partial charge in [0.1, 0.15) is 0 Å². The number of anilines is 1. The molecule has 0 aromatic heterocycles. The molecule has 0 spiro atoms. The van der Waals surface area contributed by atoms with Gasteiger partial charge >= 0.3 is 0 Å². The average molecular weight is 296 g/mol. The minimum atomic E-state index is -3.43. The van der Waals surface area contributed by atoms with Gasteiger partial charge in [0.15, 0.2) is 0 Å². The fourth-order valence-electron chi connectivity index (χ4n) is 1.70. The van der Waals surface area contributed by atoms with E-state index in [0.717, 1.165) is 21.7 Å². The van der Waals surface area contributed by atoms with Crippen LogP contribution in [0.15, 0.2) is 30.9 Å². The third-order valence-electron chi connectivity index (χ3n) is 3.00. The number of rotatable bonds is 6. The number of carbonyl (C=O) groups is 1. The maximum absolute atomic E-state index is 12.0. The van der Waals surface area contributed by atoms with Crippen LogP contribution in [0.1, 0.15) is 11.1 Å². The van der Waals surface area contributed by atoms with E-state index in [1.165, 1.54) is 6.08 Å². The third-order valence-corrected chi connectivity index (χ3v) is 4.22. The molecule has 0 fully saturated rings. The first-order valence-corrected chi connectivity index (χ1v) is 8.02. The van der Waals surface area contributed by atoms with E-state index in [4.69, 9.17) is 0 Å². The largest absolute Gasteiger partial charge is 0.325 e. The summed E-state index contributed by atoms with van der Waals surface area (Å²) in [5.74, 6) is -0.369. The van der Waals surface area contributed by atoms with Gasteiger partial charge in [-0.3, -0.25) is 4.79 Å². The van der Waals surface area contributed by atoms with Crippen molar-refractivity contribution in [3.05, 3.63) is 42.0 Å². The lowest BCUT2D eigenvalue weighted by Crippen LogP contribution is -2.37. The molecule has 0 saturated heterocycles. The van der Waals surface area contributed by atoms with Crippen molar-refractivity contribution in [3.63, 3.8) is 0 Å². The number of amides is 1. The van der Waals surface area contributed by atoms with Gasteiger partial charge in [0, 0.05) is 12.2 Å². The van der Waals surface area contributed by atoms with E-state index in [-0.39, 0.29) is 19.0 Å². The molecule has 0 unspecified atom stereocenters. The van der Waals surface area contributed by atoms with Crippen molar-refractivity contribution in [1.82, 2.24) is 4.31 Å². The highest BCUT2D eigenvalue weighted by Crippen LogP contribution is 2.17. The summed E-state index contributed by atoms with van der Waals surface area (Å²) in [4.78, 5) is 12.0. The number of aryl methyl sites for hydroxylation is 1. The number of hydrogen-bond donors (Lipinski definition) is 1. The van der Waals surface area contributed by atoms with E-state index < -0.39 is 10.0 Å². The molecule has 0 atom stereocenters. The molecule has 110 valence electrons. The molecule has 6 heteroatoms. The molecule has 20 heavy (non-hydrogen) atoms. The van der Waals surface area contributed by atoms with Crippen LogP contribution in [-0.2, 0) is 14.8 Å². The van der Waals surface area contributed by atoms with E-state index in [1.54, 1.807) is 6.07 Å². The van der Waals surface area contributed by atoms with Gasteiger partial charge in [0.05, 0.1) is 12.8 Å². The highest BCUT2D eigenvalue weighted by molar-refractivity contribution is 7.88. The number of sulfonamides is 1. The summed E-state index contributed by atoms with van der Waals surface area (Å²) in [6.07, 6.45) is 2.52. The molecule has 0 bridgehead atoms. The summed E-state index contributed by atoms with van der Waals surface area (Å²) in [7, 11) is -3.43. The fraction of sp³-hybridized carbons (Fsp3) is 0.357. The number of nitrogens with one attached hydrogen (secondary N) is 1. The van der Waals surface area contributed by atoms with Crippen molar-refractivity contribution in [2.45, 2.75) is 13.8 Å². The lowest BCUT2D eigenvalue weighted by molar-refractivity contribution is -0.116. The SMILES string of the molecule is C=CCN(CC(=O)Nc1cccc(C)c1C)S(C)(=O)=O. The van der Waals surface area contributed by atoms with E-state index in [9.17, 15) is 13.2 Å². The third kappa shape index (κ3) is 4.47. The number of benzene rings is 1. The van der Waals surface area contributed by atoms with Crippen molar-refractivity contribution in [1.29, 1.82) is 0 Å². The van der Waals surface area contributed by atoms with Crippen LogP contribution in [0.3, 0.4) is 0 Å². The average Bonchev–Trinajstić information content (AvgIpc) is 2.33. The van der Waals surface area contributed by atoms with E-state index >= 15 is 0 Å². The molecule has 1 aromatic rings. The second-order valence-corrected chi connectivity index (χ2v) is 6.62. The Morgan fingerprint density at radius 1 is 1.40 bits per heavy atom. The minimum Gasteiger partial charge on any atom is -0.325 e. The zero-order chi connectivity index (χ0) is 15.3. The quantitative estimate of drug-likeness (QED) is 0.812. The molecule has 1 amide bonds. The zero-order valence-corrected chi connectivity index (χ0v) is 12.8. The van der Waals surface area contributed by atoms with Gasteiger partial charge in [0.25, 0.3) is 0 Å². The standard InChI is InChI=1S/C14H20N2O3S/c1-5-9-16(20(4,18)19)10-14(17)15-13-8-6-7-11(2)12(13)3/h5-8H,1,9-10H2,2-4H3,(H,15,17). The molecule has 0 aliphatic rings. The normalized spacial score (nSPS) is 11.4. The Kier molecular flexibility index (Phi) is 5.47. The predicted molar refractivity (Wildman–Crippen MR) is 81.2 cm³/mol. The number of nitrogens with zero attached hydrogens (tertiary/aromatic N) is 1. The van der Waals surface area contributed by atoms with Gasteiger partial charge in [-0.05, 0) is 31.0 Å². The molecule has 1 aromatic carbocycles. The summed E-state index contributed by atoms with van der Waals surface area (Å²) < 4.78 is 24.1. The molecular formula is C14H20N2O3S. The van der Waals surface area contributed by atoms with Crippen LogP contribution in [0.4, 0.5) is 5.69 Å². The molecule has 1 N–H and O–H groups in total. The van der Waals surface area contributed by atoms with E-state index in [0.29, 0.717) is 5.69 Å². The Bertz CT molecular complexity index is 609. The lowest BCUT2D eigenvalue weighted by Gasteiger charge is -2.18. The van der Waals surface area contributed by atoms with Gasteiger partial charge in [-0.25, -0.2) is 8.42 Å². The van der Waals surface area contributed by atoms with Crippen molar-refractivity contribution < 1.29 is 13.2 Å². The minimum absolute atomic E-state index is 0.110. The Labute approximate surface area is 120 Å². The first-order valence-electron chi connectivity index (χ1n) is 6.17. The molecule has 5 nitrogen and oxygen atoms in total. The molecule has 0 saturated carbocycles. The van der Waals surface area contributed by atoms with E-state index in [2.05, 4.69) is 11.9 Å². The van der Waals surface area contributed by atoms with Crippen LogP contribution in [-0.4, -0.2) is 38.0 Å². The second-order valence-electron chi connectivity index (χ2n) is 4.64. The molecular weight excluding hydrogens is 276 g/mol. The highest BCUT2D eigenvalue weighted by atomic mass is 32.2. The molecule has 0 heterocycles. The lowest BCUT2D eigenvalue weighted by atomic mass is 10.1. The van der Waals surface area contributed by atoms with Crippen LogP contribution in [0.2, 0.25) is 0 Å². The van der Waals surface area contributed by atoms with Gasteiger partial charge in [-0.15, -0.1) is 6.58 Å². The number of hydrogen-bond acceptors (Lipinski definition) is 3. The Hall–Kier alpha value is -1.66. The molecule has 0 aliphatic heterocycles. The van der Waals surface area contributed by atoms with Gasteiger partial charge < -0.3 is 5.32 Å². The molecule has 1 rings (SSSR count). The van der Waals surface area contributed by atoms with Gasteiger partial charge in [-0.2, -0.15) is 4.31 Å². The summed E-state index contributed by atoms with van der Waals surface area (Å²) in [6, 6.07) is 5.58. The first kappa shape index (κ1) is 16.4. The van der Waals surface area contributed by atoms with Crippen molar-refractivity contribution in [2.24, 2.45) is 0 Å². The van der Waals surface area contributed by atoms with Crippen molar-refractivity contribution in [3.8, 4) is 0 Å². The molecule has 0 radical (unpaired) electrons. The van der Waals surface area contributed by atoms with Crippen LogP contribution in [0.25, 0.3) is 0 Å². The van der Waals surface area contributed by atoms with Gasteiger partial charge in [0.2, 0.25) is 15.9 Å². The van der Waals surface area contributed by atoms with E-state index in [1.807, 2.05) is 26.0 Å². The van der Waals surface area contributed by atoms with Crippen LogP contribution < -0.4 is 5.32 Å². The van der Waals surface area contributed by atoms with Crippen LogP contribution >= 0.6 is 0 Å². The fourth-order valence-corrected chi connectivity index (χ4v) is 2.43. The molecule has 0 aliphatic carbocycles. The highest BCUT2D eigenvalue weighted by Gasteiger charge is 2.19. The maximum Gasteiger partial charge on any atom is 0.239 e.